The Kier molecular flexibility index (Phi) is 4.76. The SMILES string of the molecule is CCC(C)(C)c1cc(CCCC(=O)O)ccc1O. The number of benzene rings is 1. The van der Waals surface area contributed by atoms with E-state index in [2.05, 4.69) is 20.8 Å². The quantitative estimate of drug-likeness (QED) is 0.812. The molecule has 1 aromatic rings. The number of phenolic OH excluding ortho intramolecular Hbond substituents is 1. The fraction of sp³-hybridized carbons (Fsp3) is 0.533. The number of carboxylic acid groups (broad SMARTS) is 1. The first-order chi connectivity index (χ1) is 8.36. The molecular weight excluding hydrogens is 228 g/mol. The summed E-state index contributed by atoms with van der Waals surface area (Å²) in [5, 5.41) is 18.5. The van der Waals surface area contributed by atoms with Crippen LogP contribution in [-0.2, 0) is 16.6 Å². The molecule has 1 rings (SSSR count). The van der Waals surface area contributed by atoms with Crippen LogP contribution in [0.3, 0.4) is 0 Å². The van der Waals surface area contributed by atoms with Gasteiger partial charge in [0.2, 0.25) is 0 Å². The molecule has 0 fully saturated rings. The highest BCUT2D eigenvalue weighted by atomic mass is 16.4. The fourth-order valence-electron chi connectivity index (χ4n) is 1.91. The molecule has 100 valence electrons. The van der Waals surface area contributed by atoms with E-state index in [1.165, 1.54) is 0 Å². The third-order valence-electron chi connectivity index (χ3n) is 3.53. The topological polar surface area (TPSA) is 57.5 Å². The molecule has 0 saturated carbocycles. The van der Waals surface area contributed by atoms with Crippen LogP contribution < -0.4 is 0 Å². The molecular formula is C15H22O3. The molecule has 2 N–H and O–H groups in total. The monoisotopic (exact) mass is 250 g/mol. The van der Waals surface area contributed by atoms with Crippen LogP contribution in [0, 0.1) is 0 Å². The molecule has 0 atom stereocenters. The molecule has 0 saturated heterocycles. The third-order valence-corrected chi connectivity index (χ3v) is 3.53. The standard InChI is InChI=1S/C15H22O3/c1-4-15(2,3)12-10-11(8-9-13(12)16)6-5-7-14(17)18/h8-10,16H,4-7H2,1-3H3,(H,17,18). The Morgan fingerprint density at radius 3 is 2.56 bits per heavy atom. The average Bonchev–Trinajstić information content (AvgIpc) is 2.30. The van der Waals surface area contributed by atoms with Gasteiger partial charge in [-0.25, -0.2) is 0 Å². The van der Waals surface area contributed by atoms with E-state index >= 15 is 0 Å². The van der Waals surface area contributed by atoms with E-state index in [0.29, 0.717) is 12.2 Å². The number of carboxylic acids is 1. The maximum Gasteiger partial charge on any atom is 0.303 e. The Balaban J connectivity index is 2.84. The Morgan fingerprint density at radius 2 is 2.00 bits per heavy atom. The van der Waals surface area contributed by atoms with Crippen LogP contribution in [0.5, 0.6) is 5.75 Å². The van der Waals surface area contributed by atoms with Crippen molar-refractivity contribution in [2.45, 2.75) is 51.9 Å². The lowest BCUT2D eigenvalue weighted by Crippen LogP contribution is -2.16. The summed E-state index contributed by atoms with van der Waals surface area (Å²) >= 11 is 0. The van der Waals surface area contributed by atoms with Crippen molar-refractivity contribution in [3.63, 3.8) is 0 Å². The summed E-state index contributed by atoms with van der Waals surface area (Å²) in [5.74, 6) is -0.438. The van der Waals surface area contributed by atoms with Crippen molar-refractivity contribution in [1.82, 2.24) is 0 Å². The number of aromatic hydroxyl groups is 1. The molecule has 0 amide bonds. The molecule has 0 heterocycles. The summed E-state index contributed by atoms with van der Waals surface area (Å²) in [5.41, 5.74) is 1.97. The van der Waals surface area contributed by atoms with Gasteiger partial charge in [0.15, 0.2) is 0 Å². The largest absolute Gasteiger partial charge is 0.508 e. The zero-order valence-electron chi connectivity index (χ0n) is 11.4. The van der Waals surface area contributed by atoms with E-state index in [4.69, 9.17) is 5.11 Å². The average molecular weight is 250 g/mol. The normalized spacial score (nSPS) is 11.5. The number of carbonyl (C=O) groups is 1. The van der Waals surface area contributed by atoms with Crippen molar-refractivity contribution in [2.24, 2.45) is 0 Å². The van der Waals surface area contributed by atoms with E-state index in [1.54, 1.807) is 6.07 Å². The van der Waals surface area contributed by atoms with Gasteiger partial charge in [-0.05, 0) is 41.9 Å². The molecule has 1 aromatic carbocycles. The van der Waals surface area contributed by atoms with E-state index < -0.39 is 5.97 Å². The summed E-state index contributed by atoms with van der Waals surface area (Å²) in [6.45, 7) is 6.29. The van der Waals surface area contributed by atoms with E-state index in [9.17, 15) is 9.90 Å². The molecule has 18 heavy (non-hydrogen) atoms. The first kappa shape index (κ1) is 14.6. The summed E-state index contributed by atoms with van der Waals surface area (Å²) in [6.07, 6.45) is 2.50. The van der Waals surface area contributed by atoms with Gasteiger partial charge in [0.05, 0.1) is 0 Å². The molecule has 0 bridgehead atoms. The molecule has 0 spiro atoms. The summed E-state index contributed by atoms with van der Waals surface area (Å²) in [6, 6.07) is 5.58. The summed E-state index contributed by atoms with van der Waals surface area (Å²) in [4.78, 5) is 10.5. The van der Waals surface area contributed by atoms with Gasteiger partial charge >= 0.3 is 5.97 Å². The first-order valence-electron chi connectivity index (χ1n) is 6.41. The predicted molar refractivity (Wildman–Crippen MR) is 72.0 cm³/mol. The molecule has 3 nitrogen and oxygen atoms in total. The van der Waals surface area contributed by atoms with Crippen LogP contribution in [0.15, 0.2) is 18.2 Å². The number of phenols is 1. The number of hydrogen-bond acceptors (Lipinski definition) is 2. The summed E-state index contributed by atoms with van der Waals surface area (Å²) in [7, 11) is 0. The highest BCUT2D eigenvalue weighted by Crippen LogP contribution is 2.34. The van der Waals surface area contributed by atoms with Gasteiger partial charge in [0.1, 0.15) is 5.75 Å². The minimum Gasteiger partial charge on any atom is -0.508 e. The molecule has 0 aromatic heterocycles. The lowest BCUT2D eigenvalue weighted by Gasteiger charge is -2.25. The van der Waals surface area contributed by atoms with Gasteiger partial charge in [-0.2, -0.15) is 0 Å². The van der Waals surface area contributed by atoms with Crippen LogP contribution >= 0.6 is 0 Å². The van der Waals surface area contributed by atoms with Crippen LogP contribution in [-0.4, -0.2) is 16.2 Å². The Morgan fingerprint density at radius 1 is 1.33 bits per heavy atom. The highest BCUT2D eigenvalue weighted by Gasteiger charge is 2.21. The van der Waals surface area contributed by atoms with E-state index in [1.807, 2.05) is 12.1 Å². The second-order valence-corrected chi connectivity index (χ2v) is 5.34. The molecule has 0 aliphatic heterocycles. The van der Waals surface area contributed by atoms with Crippen molar-refractivity contribution >= 4 is 5.97 Å². The minimum absolute atomic E-state index is 0.0626. The number of rotatable bonds is 6. The first-order valence-corrected chi connectivity index (χ1v) is 6.41. The van der Waals surface area contributed by atoms with E-state index in [-0.39, 0.29) is 11.8 Å². The van der Waals surface area contributed by atoms with Gasteiger partial charge in [0.25, 0.3) is 0 Å². The molecule has 0 unspecified atom stereocenters. The maximum absolute atomic E-state index is 10.5. The zero-order chi connectivity index (χ0) is 13.8. The highest BCUT2D eigenvalue weighted by molar-refractivity contribution is 5.66. The van der Waals surface area contributed by atoms with Crippen molar-refractivity contribution in [2.75, 3.05) is 0 Å². The Bertz CT molecular complexity index is 422. The number of aryl methyl sites for hydroxylation is 1. The van der Waals surface area contributed by atoms with Gasteiger partial charge in [-0.3, -0.25) is 4.79 Å². The molecule has 0 radical (unpaired) electrons. The van der Waals surface area contributed by atoms with Gasteiger partial charge in [-0.1, -0.05) is 32.9 Å². The second-order valence-electron chi connectivity index (χ2n) is 5.34. The van der Waals surface area contributed by atoms with Gasteiger partial charge < -0.3 is 10.2 Å². The van der Waals surface area contributed by atoms with Crippen molar-refractivity contribution < 1.29 is 15.0 Å². The van der Waals surface area contributed by atoms with Crippen LogP contribution in [0.2, 0.25) is 0 Å². The predicted octanol–water partition coefficient (Wildman–Crippen LogP) is 3.49. The van der Waals surface area contributed by atoms with Crippen molar-refractivity contribution in [3.05, 3.63) is 29.3 Å². The van der Waals surface area contributed by atoms with Crippen molar-refractivity contribution in [1.29, 1.82) is 0 Å². The number of hydrogen-bond donors (Lipinski definition) is 2. The molecule has 0 aliphatic carbocycles. The van der Waals surface area contributed by atoms with Crippen LogP contribution in [0.25, 0.3) is 0 Å². The van der Waals surface area contributed by atoms with Gasteiger partial charge in [0, 0.05) is 6.42 Å². The van der Waals surface area contributed by atoms with Gasteiger partial charge in [-0.15, -0.1) is 0 Å². The summed E-state index contributed by atoms with van der Waals surface area (Å²) < 4.78 is 0. The van der Waals surface area contributed by atoms with Crippen molar-refractivity contribution in [3.8, 4) is 5.75 Å². The van der Waals surface area contributed by atoms with E-state index in [0.717, 1.165) is 24.0 Å². The maximum atomic E-state index is 10.5. The Hall–Kier alpha value is -1.51. The fourth-order valence-corrected chi connectivity index (χ4v) is 1.91. The lowest BCUT2D eigenvalue weighted by molar-refractivity contribution is -0.137. The Labute approximate surface area is 108 Å². The zero-order valence-corrected chi connectivity index (χ0v) is 11.4. The number of aliphatic carboxylic acids is 1. The third kappa shape index (κ3) is 3.76. The molecule has 3 heteroatoms. The molecule has 0 aliphatic rings. The lowest BCUT2D eigenvalue weighted by atomic mass is 9.81. The minimum atomic E-state index is -0.761. The van der Waals surface area contributed by atoms with Crippen LogP contribution in [0.4, 0.5) is 0 Å². The smallest absolute Gasteiger partial charge is 0.303 e. The van der Waals surface area contributed by atoms with Crippen LogP contribution in [0.1, 0.15) is 51.2 Å². The second kappa shape index (κ2) is 5.89.